The highest BCUT2D eigenvalue weighted by Gasteiger charge is 2.18. The van der Waals surface area contributed by atoms with E-state index in [-0.39, 0.29) is 0 Å². The predicted octanol–water partition coefficient (Wildman–Crippen LogP) is 2.85. The van der Waals surface area contributed by atoms with E-state index in [4.69, 9.17) is 14.2 Å². The van der Waals surface area contributed by atoms with E-state index in [1.54, 1.807) is 24.3 Å². The second kappa shape index (κ2) is 8.75. The van der Waals surface area contributed by atoms with Crippen molar-refractivity contribution < 1.29 is 23.8 Å². The summed E-state index contributed by atoms with van der Waals surface area (Å²) in [5.41, 5.74) is 2.04. The maximum Gasteiger partial charge on any atom is 0.314 e. The van der Waals surface area contributed by atoms with Crippen LogP contribution in [0.3, 0.4) is 0 Å². The fourth-order valence-corrected chi connectivity index (χ4v) is 2.35. The van der Waals surface area contributed by atoms with Crippen molar-refractivity contribution in [2.75, 3.05) is 32.0 Å². The number of methoxy groups -OCH3 is 3. The van der Waals surface area contributed by atoms with Gasteiger partial charge in [-0.05, 0) is 24.1 Å². The molecule has 0 aliphatic rings. The van der Waals surface area contributed by atoms with Gasteiger partial charge in [0.2, 0.25) is 5.75 Å². The monoisotopic (exact) mass is 358 g/mol. The van der Waals surface area contributed by atoms with E-state index in [1.807, 2.05) is 19.1 Å². The van der Waals surface area contributed by atoms with Crippen molar-refractivity contribution in [3.05, 3.63) is 42.0 Å². The Morgan fingerprint density at radius 2 is 1.31 bits per heavy atom. The van der Waals surface area contributed by atoms with E-state index >= 15 is 0 Å². The number of hydrogen-bond donors (Lipinski definition) is 2. The number of anilines is 2. The van der Waals surface area contributed by atoms with Crippen molar-refractivity contribution in [1.82, 2.24) is 0 Å². The van der Waals surface area contributed by atoms with E-state index in [2.05, 4.69) is 10.6 Å². The molecule has 0 bridgehead atoms. The molecule has 0 atom stereocenters. The number of aryl methyl sites for hydroxylation is 1. The fraction of sp³-hybridized carbons (Fsp3) is 0.263. The molecule has 2 aromatic rings. The Kier molecular flexibility index (Phi) is 6.43. The molecule has 2 aromatic carbocycles. The summed E-state index contributed by atoms with van der Waals surface area (Å²) in [6.45, 7) is 2.04. The van der Waals surface area contributed by atoms with E-state index in [0.717, 1.165) is 12.0 Å². The first-order valence-corrected chi connectivity index (χ1v) is 8.03. The van der Waals surface area contributed by atoms with Crippen LogP contribution in [0.4, 0.5) is 11.4 Å². The van der Waals surface area contributed by atoms with Crippen molar-refractivity contribution in [2.45, 2.75) is 13.3 Å². The predicted molar refractivity (Wildman–Crippen MR) is 99.2 cm³/mol. The highest BCUT2D eigenvalue weighted by molar-refractivity contribution is 6.43. The first-order valence-electron chi connectivity index (χ1n) is 8.03. The minimum absolute atomic E-state index is 0.348. The lowest BCUT2D eigenvalue weighted by atomic mass is 10.1. The summed E-state index contributed by atoms with van der Waals surface area (Å²) in [6.07, 6.45) is 0.899. The summed E-state index contributed by atoms with van der Waals surface area (Å²) in [5, 5.41) is 5.07. The van der Waals surface area contributed by atoms with Gasteiger partial charge in [0.15, 0.2) is 11.5 Å². The van der Waals surface area contributed by atoms with Crippen molar-refractivity contribution >= 4 is 23.2 Å². The molecule has 2 amide bonds. The zero-order chi connectivity index (χ0) is 19.1. The average molecular weight is 358 g/mol. The molecule has 0 aliphatic carbocycles. The van der Waals surface area contributed by atoms with Gasteiger partial charge in [-0.3, -0.25) is 9.59 Å². The molecular weight excluding hydrogens is 336 g/mol. The number of rotatable bonds is 6. The lowest BCUT2D eigenvalue weighted by molar-refractivity contribution is -0.133. The van der Waals surface area contributed by atoms with E-state index in [1.165, 1.54) is 21.3 Å². The Hall–Kier alpha value is -3.22. The summed E-state index contributed by atoms with van der Waals surface area (Å²) in [5.74, 6) is -0.439. The molecule has 0 aliphatic heterocycles. The van der Waals surface area contributed by atoms with E-state index in [0.29, 0.717) is 28.6 Å². The number of amides is 2. The van der Waals surface area contributed by atoms with Gasteiger partial charge in [-0.15, -0.1) is 0 Å². The van der Waals surface area contributed by atoms with Crippen LogP contribution in [-0.2, 0) is 16.0 Å². The van der Waals surface area contributed by atoms with Gasteiger partial charge in [0.1, 0.15) is 0 Å². The fourth-order valence-electron chi connectivity index (χ4n) is 2.35. The third kappa shape index (κ3) is 4.44. The van der Waals surface area contributed by atoms with Crippen LogP contribution in [0, 0.1) is 0 Å². The zero-order valence-corrected chi connectivity index (χ0v) is 15.2. The summed E-state index contributed by atoms with van der Waals surface area (Å²) in [7, 11) is 4.42. The molecule has 0 aromatic heterocycles. The van der Waals surface area contributed by atoms with E-state index in [9.17, 15) is 9.59 Å². The second-order valence-electron chi connectivity index (χ2n) is 5.37. The van der Waals surface area contributed by atoms with Gasteiger partial charge in [0.25, 0.3) is 0 Å². The lowest BCUT2D eigenvalue weighted by Crippen LogP contribution is -2.29. The SMILES string of the molecule is CCc1ccc(NC(=O)C(=O)Nc2cc(OC)c(OC)c(OC)c2)cc1. The number of benzene rings is 2. The molecule has 0 unspecified atom stereocenters. The van der Waals surface area contributed by atoms with Gasteiger partial charge in [-0.2, -0.15) is 0 Å². The van der Waals surface area contributed by atoms with Crippen LogP contribution in [0.15, 0.2) is 36.4 Å². The van der Waals surface area contributed by atoms with Gasteiger partial charge >= 0.3 is 11.8 Å². The molecule has 0 saturated heterocycles. The third-order valence-corrected chi connectivity index (χ3v) is 3.75. The van der Waals surface area contributed by atoms with Gasteiger partial charge in [0.05, 0.1) is 21.3 Å². The molecular formula is C19H22N2O5. The second-order valence-corrected chi connectivity index (χ2v) is 5.37. The maximum absolute atomic E-state index is 12.2. The Morgan fingerprint density at radius 3 is 1.73 bits per heavy atom. The molecule has 0 spiro atoms. The smallest absolute Gasteiger partial charge is 0.314 e. The number of hydrogen-bond acceptors (Lipinski definition) is 5. The molecule has 2 rings (SSSR count). The van der Waals surface area contributed by atoms with Crippen LogP contribution in [0.2, 0.25) is 0 Å². The summed E-state index contributed by atoms with van der Waals surface area (Å²) >= 11 is 0. The Labute approximate surface area is 152 Å². The van der Waals surface area contributed by atoms with Crippen molar-refractivity contribution in [3.8, 4) is 17.2 Å². The lowest BCUT2D eigenvalue weighted by Gasteiger charge is -2.14. The molecule has 0 fully saturated rings. The van der Waals surface area contributed by atoms with Gasteiger partial charge in [0, 0.05) is 23.5 Å². The van der Waals surface area contributed by atoms with Crippen molar-refractivity contribution in [3.63, 3.8) is 0 Å². The quantitative estimate of drug-likeness (QED) is 0.776. The molecule has 0 saturated carbocycles. The molecule has 7 nitrogen and oxygen atoms in total. The average Bonchev–Trinajstić information content (AvgIpc) is 2.67. The molecule has 26 heavy (non-hydrogen) atoms. The Morgan fingerprint density at radius 1 is 0.808 bits per heavy atom. The minimum atomic E-state index is -0.807. The van der Waals surface area contributed by atoms with Crippen LogP contribution in [0.1, 0.15) is 12.5 Å². The first-order chi connectivity index (χ1) is 12.5. The molecule has 2 N–H and O–H groups in total. The number of ether oxygens (including phenoxy) is 3. The van der Waals surface area contributed by atoms with Crippen LogP contribution >= 0.6 is 0 Å². The topological polar surface area (TPSA) is 85.9 Å². The van der Waals surface area contributed by atoms with Crippen molar-refractivity contribution in [2.24, 2.45) is 0 Å². The summed E-state index contributed by atoms with van der Waals surface area (Å²) < 4.78 is 15.7. The standard InChI is InChI=1S/C19H22N2O5/c1-5-12-6-8-13(9-7-12)20-18(22)19(23)21-14-10-15(24-2)17(26-4)16(11-14)25-3/h6-11H,5H2,1-4H3,(H,20,22)(H,21,23). The summed E-state index contributed by atoms with van der Waals surface area (Å²) in [6, 6.07) is 10.4. The largest absolute Gasteiger partial charge is 0.493 e. The van der Waals surface area contributed by atoms with Crippen LogP contribution in [0.5, 0.6) is 17.2 Å². The normalized spacial score (nSPS) is 10.0. The Bertz CT molecular complexity index is 762. The minimum Gasteiger partial charge on any atom is -0.493 e. The summed E-state index contributed by atoms with van der Waals surface area (Å²) in [4.78, 5) is 24.3. The molecule has 7 heteroatoms. The molecule has 0 radical (unpaired) electrons. The number of carbonyl (C=O) groups excluding carboxylic acids is 2. The maximum atomic E-state index is 12.2. The van der Waals surface area contributed by atoms with Crippen LogP contribution in [-0.4, -0.2) is 33.1 Å². The number of carbonyl (C=O) groups is 2. The highest BCUT2D eigenvalue weighted by atomic mass is 16.5. The first kappa shape index (κ1) is 19.1. The van der Waals surface area contributed by atoms with Crippen LogP contribution < -0.4 is 24.8 Å². The van der Waals surface area contributed by atoms with Gasteiger partial charge in [-0.25, -0.2) is 0 Å². The Balaban J connectivity index is 2.11. The van der Waals surface area contributed by atoms with Crippen molar-refractivity contribution in [1.29, 1.82) is 0 Å². The zero-order valence-electron chi connectivity index (χ0n) is 15.2. The highest BCUT2D eigenvalue weighted by Crippen LogP contribution is 2.39. The molecule has 138 valence electrons. The molecule has 0 heterocycles. The third-order valence-electron chi connectivity index (χ3n) is 3.75. The van der Waals surface area contributed by atoms with Gasteiger partial charge < -0.3 is 24.8 Å². The van der Waals surface area contributed by atoms with Gasteiger partial charge in [-0.1, -0.05) is 19.1 Å². The van der Waals surface area contributed by atoms with E-state index < -0.39 is 11.8 Å². The van der Waals surface area contributed by atoms with Crippen LogP contribution in [0.25, 0.3) is 0 Å². The number of nitrogens with one attached hydrogen (secondary N) is 2.